The van der Waals surface area contributed by atoms with Crippen molar-refractivity contribution in [1.82, 2.24) is 0 Å². The zero-order valence-electron chi connectivity index (χ0n) is 38.9. The highest BCUT2D eigenvalue weighted by Crippen LogP contribution is 2.41. The van der Waals surface area contributed by atoms with Gasteiger partial charge < -0.3 is 28.4 Å². The maximum Gasteiger partial charge on any atom is 0.330 e. The van der Waals surface area contributed by atoms with Gasteiger partial charge in [-0.25, -0.2) is 9.59 Å². The summed E-state index contributed by atoms with van der Waals surface area (Å²) < 4.78 is 34.4. The summed E-state index contributed by atoms with van der Waals surface area (Å²) >= 11 is 0. The Kier molecular flexibility index (Phi) is 21.8. The van der Waals surface area contributed by atoms with E-state index < -0.39 is 0 Å². The minimum Gasteiger partial charge on any atom is -0.494 e. The first-order valence-corrected chi connectivity index (χ1v) is 24.6. The van der Waals surface area contributed by atoms with Gasteiger partial charge in [-0.15, -0.1) is 0 Å². The second-order valence-electron chi connectivity index (χ2n) is 18.4. The summed E-state index contributed by atoms with van der Waals surface area (Å²) in [5.74, 6) is 1.82. The summed E-state index contributed by atoms with van der Waals surface area (Å²) in [6.45, 7) is 13.0. The third kappa shape index (κ3) is 16.8. The minimum atomic E-state index is -0.380. The molecule has 3 aliphatic carbocycles. The molecule has 0 spiro atoms. The largest absolute Gasteiger partial charge is 0.494 e. The van der Waals surface area contributed by atoms with E-state index in [1.54, 1.807) is 0 Å². The van der Waals surface area contributed by atoms with Crippen molar-refractivity contribution >= 4 is 23.9 Å². The standard InChI is InChI=1S/C54H76O10/c1-5-51(55)61-37-15-9-7-13-35-59-47-31-27-45(28-32-47)43-23-19-41(20-24-43)39(3)53(57)63-49-17-11-12-18-50(49)64-54(58)40(4)42-21-25-44(26-22-42)46-29-33-48(34-30-46)60-36-14-8-10-16-38-62-52(56)6-2/h5-6,27-34,39-44,49-50H,1-2,7-26,35-38H2,3-4H3/t39-,40-,41?,42?,43?,44?,49-,50-/m1/s1. The zero-order chi connectivity index (χ0) is 45.5. The average molecular weight is 885 g/mol. The highest BCUT2D eigenvalue weighted by molar-refractivity contribution is 5.81. The van der Waals surface area contributed by atoms with Gasteiger partial charge in [-0.1, -0.05) is 51.3 Å². The summed E-state index contributed by atoms with van der Waals surface area (Å²) in [6.07, 6.45) is 20.7. The van der Waals surface area contributed by atoms with Gasteiger partial charge in [0.1, 0.15) is 23.7 Å². The number of hydrogen-bond donors (Lipinski definition) is 0. The van der Waals surface area contributed by atoms with Crippen LogP contribution in [0.3, 0.4) is 0 Å². The molecule has 2 aromatic rings. The summed E-state index contributed by atoms with van der Waals surface area (Å²) in [7, 11) is 0. The molecule has 2 aromatic carbocycles. The molecule has 3 aliphatic rings. The van der Waals surface area contributed by atoms with Crippen molar-refractivity contribution in [2.24, 2.45) is 23.7 Å². The smallest absolute Gasteiger partial charge is 0.330 e. The SMILES string of the molecule is C=CC(=O)OCCCCCCOc1ccc(C2CCC([C@@H](C)C(=O)O[C@@H]3CCCC[C@H]3OC(=O)[C@H](C)C3CCC(c4ccc(OCCCCCCOC(=O)C=C)cc4)CC3)CC2)cc1. The van der Waals surface area contributed by atoms with Crippen molar-refractivity contribution in [3.63, 3.8) is 0 Å². The predicted octanol–water partition coefficient (Wildman–Crippen LogP) is 11.9. The van der Waals surface area contributed by atoms with Crippen molar-refractivity contribution in [1.29, 1.82) is 0 Å². The molecule has 0 amide bonds. The molecule has 0 aromatic heterocycles. The fourth-order valence-electron chi connectivity index (χ4n) is 9.77. The van der Waals surface area contributed by atoms with Crippen LogP contribution in [-0.4, -0.2) is 62.5 Å². The number of esters is 4. The molecule has 0 unspecified atom stereocenters. The molecule has 0 N–H and O–H groups in total. The number of unbranched alkanes of at least 4 members (excludes halogenated alkanes) is 6. The van der Waals surface area contributed by atoms with E-state index in [1.165, 1.54) is 23.3 Å². The van der Waals surface area contributed by atoms with Gasteiger partial charge in [-0.2, -0.15) is 0 Å². The average Bonchev–Trinajstić information content (AvgIpc) is 3.33. The normalized spacial score (nSPS) is 23.1. The number of carbonyl (C=O) groups is 4. The molecule has 10 nitrogen and oxygen atoms in total. The number of ether oxygens (including phenoxy) is 6. The Balaban J connectivity index is 0.956. The van der Waals surface area contributed by atoms with Crippen LogP contribution in [0.1, 0.15) is 165 Å². The van der Waals surface area contributed by atoms with E-state index in [1.807, 2.05) is 13.8 Å². The van der Waals surface area contributed by atoms with Crippen LogP contribution < -0.4 is 9.47 Å². The van der Waals surface area contributed by atoms with E-state index >= 15 is 0 Å². The molecule has 0 saturated heterocycles. The summed E-state index contributed by atoms with van der Waals surface area (Å²) in [5, 5.41) is 0. The third-order valence-corrected chi connectivity index (χ3v) is 14.0. The quantitative estimate of drug-likeness (QED) is 0.0390. The molecule has 3 saturated carbocycles. The topological polar surface area (TPSA) is 124 Å². The van der Waals surface area contributed by atoms with Crippen LogP contribution in [0.15, 0.2) is 73.8 Å². The van der Waals surface area contributed by atoms with Gasteiger partial charge in [0.2, 0.25) is 0 Å². The maximum atomic E-state index is 13.6. The first-order valence-electron chi connectivity index (χ1n) is 24.6. The second kappa shape index (κ2) is 27.7. The van der Waals surface area contributed by atoms with E-state index in [4.69, 9.17) is 28.4 Å². The van der Waals surface area contributed by atoms with Crippen LogP contribution in [0.25, 0.3) is 0 Å². The molecule has 5 rings (SSSR count). The molecular weight excluding hydrogens is 809 g/mol. The Bertz CT molecular complexity index is 1590. The number of rotatable bonds is 26. The third-order valence-electron chi connectivity index (χ3n) is 14.0. The monoisotopic (exact) mass is 885 g/mol. The lowest BCUT2D eigenvalue weighted by Crippen LogP contribution is -2.41. The van der Waals surface area contributed by atoms with E-state index in [0.29, 0.717) is 38.3 Å². The Morgan fingerprint density at radius 2 is 0.844 bits per heavy atom. The number of benzene rings is 2. The molecule has 10 heteroatoms. The Hall–Kier alpha value is -4.60. The highest BCUT2D eigenvalue weighted by Gasteiger charge is 2.38. The van der Waals surface area contributed by atoms with Gasteiger partial charge in [0.05, 0.1) is 38.3 Å². The van der Waals surface area contributed by atoms with Crippen LogP contribution >= 0.6 is 0 Å². The number of hydrogen-bond acceptors (Lipinski definition) is 10. The Morgan fingerprint density at radius 3 is 1.19 bits per heavy atom. The fraction of sp³-hybridized carbons (Fsp3) is 0.630. The van der Waals surface area contributed by atoms with Gasteiger partial charge in [0.25, 0.3) is 0 Å². The molecule has 0 radical (unpaired) electrons. The molecule has 4 atom stereocenters. The van der Waals surface area contributed by atoms with Gasteiger partial charge in [0.15, 0.2) is 0 Å². The van der Waals surface area contributed by atoms with Crippen LogP contribution in [0.4, 0.5) is 0 Å². The first-order chi connectivity index (χ1) is 31.1. The fourth-order valence-corrected chi connectivity index (χ4v) is 9.77. The Labute approximate surface area is 383 Å². The van der Waals surface area contributed by atoms with Crippen LogP contribution in [0.2, 0.25) is 0 Å². The lowest BCUT2D eigenvalue weighted by molar-refractivity contribution is -0.178. The highest BCUT2D eigenvalue weighted by atomic mass is 16.6. The molecule has 3 fully saturated rings. The van der Waals surface area contributed by atoms with Crippen molar-refractivity contribution in [2.75, 3.05) is 26.4 Å². The maximum absolute atomic E-state index is 13.6. The van der Waals surface area contributed by atoms with E-state index in [0.717, 1.165) is 140 Å². The van der Waals surface area contributed by atoms with E-state index in [2.05, 4.69) is 61.7 Å². The molecule has 0 aliphatic heterocycles. The van der Waals surface area contributed by atoms with Gasteiger partial charge >= 0.3 is 23.9 Å². The lowest BCUT2D eigenvalue weighted by atomic mass is 9.74. The molecule has 64 heavy (non-hydrogen) atoms. The lowest BCUT2D eigenvalue weighted by Gasteiger charge is -2.36. The van der Waals surface area contributed by atoms with Gasteiger partial charge in [-0.3, -0.25) is 9.59 Å². The van der Waals surface area contributed by atoms with Crippen molar-refractivity contribution in [3.8, 4) is 11.5 Å². The van der Waals surface area contributed by atoms with E-state index in [9.17, 15) is 19.2 Å². The van der Waals surface area contributed by atoms with Gasteiger partial charge in [-0.05, 0) is 187 Å². The second-order valence-corrected chi connectivity index (χ2v) is 18.4. The molecule has 352 valence electrons. The first kappa shape index (κ1) is 50.4. The van der Waals surface area contributed by atoms with E-state index in [-0.39, 0.29) is 59.8 Å². The van der Waals surface area contributed by atoms with Crippen molar-refractivity contribution < 1.29 is 47.6 Å². The van der Waals surface area contributed by atoms with Crippen LogP contribution in [0, 0.1) is 23.7 Å². The van der Waals surface area contributed by atoms with Crippen LogP contribution in [0.5, 0.6) is 11.5 Å². The van der Waals surface area contributed by atoms with Crippen molar-refractivity contribution in [2.45, 2.75) is 166 Å². The summed E-state index contributed by atoms with van der Waals surface area (Å²) in [4.78, 5) is 49.4. The summed E-state index contributed by atoms with van der Waals surface area (Å²) in [6, 6.07) is 17.0. The Morgan fingerprint density at radius 1 is 0.500 bits per heavy atom. The number of carbonyl (C=O) groups excluding carboxylic acids is 4. The van der Waals surface area contributed by atoms with Crippen molar-refractivity contribution in [3.05, 3.63) is 85.0 Å². The molecule has 0 bridgehead atoms. The zero-order valence-corrected chi connectivity index (χ0v) is 38.9. The minimum absolute atomic E-state index is 0.155. The predicted molar refractivity (Wildman–Crippen MR) is 249 cm³/mol. The molecular formula is C54H76O10. The van der Waals surface area contributed by atoms with Gasteiger partial charge in [0, 0.05) is 12.2 Å². The summed E-state index contributed by atoms with van der Waals surface area (Å²) in [5.41, 5.74) is 2.65. The van der Waals surface area contributed by atoms with Crippen LogP contribution in [-0.2, 0) is 38.1 Å². The molecule has 0 heterocycles.